The van der Waals surface area contributed by atoms with Gasteiger partial charge >= 0.3 is 0 Å². The number of halogens is 2. The molecule has 0 fully saturated rings. The highest BCUT2D eigenvalue weighted by molar-refractivity contribution is 9.11. The highest BCUT2D eigenvalue weighted by Crippen LogP contribution is 2.32. The van der Waals surface area contributed by atoms with Crippen LogP contribution in [0.15, 0.2) is 52.4 Å². The van der Waals surface area contributed by atoms with Crippen molar-refractivity contribution in [2.24, 2.45) is 0 Å². The lowest BCUT2D eigenvalue weighted by molar-refractivity contribution is 0.628. The Hall–Kier alpha value is -1.89. The molecule has 2 aromatic carbocycles. The number of rotatable bonds is 2. The van der Waals surface area contributed by atoms with Crippen molar-refractivity contribution in [3.05, 3.63) is 79.4 Å². The van der Waals surface area contributed by atoms with Gasteiger partial charge in [0, 0.05) is 10.4 Å². The molecule has 0 aliphatic carbocycles. The van der Waals surface area contributed by atoms with E-state index in [1.807, 2.05) is 26.8 Å². The van der Waals surface area contributed by atoms with E-state index in [0.717, 1.165) is 30.8 Å². The summed E-state index contributed by atoms with van der Waals surface area (Å²) in [7, 11) is 0. The van der Waals surface area contributed by atoms with Gasteiger partial charge in [-0.05, 0) is 61.3 Å². The zero-order valence-corrected chi connectivity index (χ0v) is 19.3. The van der Waals surface area contributed by atoms with E-state index in [-0.39, 0.29) is 5.82 Å². The van der Waals surface area contributed by atoms with Crippen LogP contribution in [-0.4, -0.2) is 9.97 Å². The van der Waals surface area contributed by atoms with Crippen molar-refractivity contribution in [1.29, 1.82) is 0 Å². The van der Waals surface area contributed by atoms with E-state index in [0.29, 0.717) is 0 Å². The molecule has 144 valence electrons. The molecule has 0 aliphatic heterocycles. The predicted molar refractivity (Wildman–Crippen MR) is 122 cm³/mol. The molecule has 6 heteroatoms. The fourth-order valence-electron chi connectivity index (χ4n) is 2.85. The number of aromatic nitrogens is 2. The predicted octanol–water partition coefficient (Wildman–Crippen LogP) is 7.76. The maximum atomic E-state index is 13.0. The third-order valence-electron chi connectivity index (χ3n) is 4.05. The van der Waals surface area contributed by atoms with Crippen LogP contribution in [-0.2, 0) is 0 Å². The topological polar surface area (TPSA) is 25.8 Å². The first-order valence-corrected chi connectivity index (χ1v) is 11.2. The molecule has 0 aliphatic rings. The molecule has 0 N–H and O–H groups in total. The molecule has 4 rings (SSSR count). The quantitative estimate of drug-likeness (QED) is 0.296. The third-order valence-corrected chi connectivity index (χ3v) is 6.60. The second-order valence-corrected chi connectivity index (χ2v) is 10.1. The molecular formula is C22H20BrFN2S2. The van der Waals surface area contributed by atoms with E-state index >= 15 is 0 Å². The van der Waals surface area contributed by atoms with Gasteiger partial charge in [-0.15, -0.1) is 22.7 Å². The van der Waals surface area contributed by atoms with Gasteiger partial charge in [0.1, 0.15) is 5.82 Å². The first-order chi connectivity index (χ1) is 13.3. The fraction of sp³-hybridized carbons (Fsp3) is 0.182. The largest absolute Gasteiger partial charge is 0.241 e. The van der Waals surface area contributed by atoms with E-state index in [2.05, 4.69) is 57.1 Å². The average molecular weight is 475 g/mol. The van der Waals surface area contributed by atoms with Crippen LogP contribution < -0.4 is 0 Å². The monoisotopic (exact) mass is 474 g/mol. The normalized spacial score (nSPS) is 10.5. The summed E-state index contributed by atoms with van der Waals surface area (Å²) < 4.78 is 13.9. The van der Waals surface area contributed by atoms with Crippen molar-refractivity contribution in [3.63, 3.8) is 0 Å². The summed E-state index contributed by atoms with van der Waals surface area (Å²) in [4.78, 5) is 11.1. The molecule has 0 unspecified atom stereocenters. The van der Waals surface area contributed by atoms with E-state index in [1.54, 1.807) is 28.7 Å². The summed E-state index contributed by atoms with van der Waals surface area (Å²) in [5.41, 5.74) is 5.38. The van der Waals surface area contributed by atoms with Crippen LogP contribution in [0, 0.1) is 33.5 Å². The van der Waals surface area contributed by atoms with Crippen molar-refractivity contribution in [2.75, 3.05) is 0 Å². The van der Waals surface area contributed by atoms with Crippen molar-refractivity contribution < 1.29 is 4.39 Å². The molecule has 2 heterocycles. The number of hydrogen-bond acceptors (Lipinski definition) is 4. The lowest BCUT2D eigenvalue weighted by Crippen LogP contribution is -1.82. The van der Waals surface area contributed by atoms with Crippen LogP contribution in [0.2, 0.25) is 0 Å². The van der Waals surface area contributed by atoms with Gasteiger partial charge in [0.15, 0.2) is 3.92 Å². The van der Waals surface area contributed by atoms with Gasteiger partial charge < -0.3 is 0 Å². The van der Waals surface area contributed by atoms with Crippen LogP contribution in [0.4, 0.5) is 4.39 Å². The summed E-state index contributed by atoms with van der Waals surface area (Å²) in [5, 5.41) is 1.02. The fourth-order valence-corrected chi connectivity index (χ4v) is 5.23. The molecule has 0 amide bonds. The Morgan fingerprint density at radius 1 is 0.857 bits per heavy atom. The Labute approximate surface area is 181 Å². The van der Waals surface area contributed by atoms with Crippen molar-refractivity contribution >= 4 is 38.6 Å². The summed E-state index contributed by atoms with van der Waals surface area (Å²) in [6, 6.07) is 15.0. The molecule has 0 saturated carbocycles. The molecule has 2 aromatic heterocycles. The Kier molecular flexibility index (Phi) is 6.75. The summed E-state index contributed by atoms with van der Waals surface area (Å²) in [6.45, 7) is 8.11. The standard InChI is InChI=1S/C11H10BrNS.C11H10FNS/c1-7-4-3-5-9(6-7)10-8(2)13-11(12)14-10;1-7-11(13-8(2)14-7)9-4-3-5-10(12)6-9/h2*3-6H,1-2H3. The molecule has 0 radical (unpaired) electrons. The SMILES string of the molecule is Cc1cccc(-c2sc(Br)nc2C)c1.Cc1nc(-c2cccc(F)c2)c(C)s1. The highest BCUT2D eigenvalue weighted by atomic mass is 79.9. The molecule has 4 aromatic rings. The minimum absolute atomic E-state index is 0.215. The van der Waals surface area contributed by atoms with Gasteiger partial charge in [0.2, 0.25) is 0 Å². The van der Waals surface area contributed by atoms with Gasteiger partial charge in [-0.3, -0.25) is 0 Å². The maximum absolute atomic E-state index is 13.0. The van der Waals surface area contributed by atoms with E-state index in [4.69, 9.17) is 0 Å². The number of thiazole rings is 2. The van der Waals surface area contributed by atoms with Crippen LogP contribution in [0.3, 0.4) is 0 Å². The number of benzene rings is 2. The van der Waals surface area contributed by atoms with Crippen molar-refractivity contribution in [1.82, 2.24) is 9.97 Å². The Morgan fingerprint density at radius 3 is 2.14 bits per heavy atom. The summed E-state index contributed by atoms with van der Waals surface area (Å²) in [5.74, 6) is -0.215. The molecule has 0 atom stereocenters. The van der Waals surface area contributed by atoms with Gasteiger partial charge in [-0.2, -0.15) is 0 Å². The lowest BCUT2D eigenvalue weighted by atomic mass is 10.1. The van der Waals surface area contributed by atoms with Crippen LogP contribution in [0.5, 0.6) is 0 Å². The highest BCUT2D eigenvalue weighted by Gasteiger charge is 2.08. The maximum Gasteiger partial charge on any atom is 0.159 e. The molecule has 0 saturated heterocycles. The van der Waals surface area contributed by atoms with E-state index < -0.39 is 0 Å². The van der Waals surface area contributed by atoms with Crippen LogP contribution >= 0.6 is 38.6 Å². The second kappa shape index (κ2) is 9.07. The minimum Gasteiger partial charge on any atom is -0.241 e. The molecular weight excluding hydrogens is 455 g/mol. The van der Waals surface area contributed by atoms with Crippen molar-refractivity contribution in [3.8, 4) is 21.7 Å². The van der Waals surface area contributed by atoms with Gasteiger partial charge in [-0.1, -0.05) is 42.0 Å². The zero-order valence-electron chi connectivity index (χ0n) is 16.1. The Balaban J connectivity index is 0.000000161. The number of hydrogen-bond donors (Lipinski definition) is 0. The Morgan fingerprint density at radius 2 is 1.57 bits per heavy atom. The van der Waals surface area contributed by atoms with Gasteiger partial charge in [0.05, 0.1) is 21.3 Å². The molecule has 28 heavy (non-hydrogen) atoms. The van der Waals surface area contributed by atoms with Crippen molar-refractivity contribution in [2.45, 2.75) is 27.7 Å². The summed E-state index contributed by atoms with van der Waals surface area (Å²) >= 11 is 6.72. The Bertz CT molecular complexity index is 1010. The van der Waals surface area contributed by atoms with Crippen LogP contribution in [0.25, 0.3) is 21.7 Å². The number of nitrogens with zero attached hydrogens (tertiary/aromatic N) is 2. The average Bonchev–Trinajstić information content (AvgIpc) is 3.16. The third kappa shape index (κ3) is 5.13. The molecule has 0 spiro atoms. The first kappa shape index (κ1) is 20.8. The van der Waals surface area contributed by atoms with E-state index in [1.165, 1.54) is 28.1 Å². The zero-order chi connectivity index (χ0) is 20.3. The summed E-state index contributed by atoms with van der Waals surface area (Å²) in [6.07, 6.45) is 0. The van der Waals surface area contributed by atoms with E-state index in [9.17, 15) is 4.39 Å². The second-order valence-electron chi connectivity index (χ2n) is 6.40. The van der Waals surface area contributed by atoms with Gasteiger partial charge in [-0.25, -0.2) is 14.4 Å². The number of aryl methyl sites for hydroxylation is 4. The molecule has 0 bridgehead atoms. The first-order valence-electron chi connectivity index (χ1n) is 8.73. The molecule has 2 nitrogen and oxygen atoms in total. The smallest absolute Gasteiger partial charge is 0.159 e. The van der Waals surface area contributed by atoms with Gasteiger partial charge in [0.25, 0.3) is 0 Å². The minimum atomic E-state index is -0.215. The van der Waals surface area contributed by atoms with Crippen LogP contribution in [0.1, 0.15) is 21.1 Å². The lowest BCUT2D eigenvalue weighted by Gasteiger charge is -1.99.